The van der Waals surface area contributed by atoms with E-state index in [-0.39, 0.29) is 11.9 Å². The van der Waals surface area contributed by atoms with Crippen LogP contribution in [0.5, 0.6) is 0 Å². The van der Waals surface area contributed by atoms with Crippen LogP contribution >= 0.6 is 31.9 Å². The summed E-state index contributed by atoms with van der Waals surface area (Å²) >= 11 is 6.91. The maximum Gasteiger partial charge on any atom is 0.254 e. The molecule has 0 spiro atoms. The summed E-state index contributed by atoms with van der Waals surface area (Å²) in [5.74, 6) is 0.531. The third-order valence-electron chi connectivity index (χ3n) is 4.28. The quantitative estimate of drug-likeness (QED) is 0.798. The minimum absolute atomic E-state index is 0.102. The van der Waals surface area contributed by atoms with Crippen LogP contribution in [0.1, 0.15) is 43.0 Å². The van der Waals surface area contributed by atoms with E-state index < -0.39 is 0 Å². The summed E-state index contributed by atoms with van der Waals surface area (Å²) in [6, 6.07) is 5.99. The normalized spacial score (nSPS) is 22.1. The number of nitrogens with two attached hydrogens (primary N) is 1. The van der Waals surface area contributed by atoms with Crippen LogP contribution in [0.3, 0.4) is 0 Å². The van der Waals surface area contributed by atoms with Crippen LogP contribution in [-0.4, -0.2) is 29.9 Å². The van der Waals surface area contributed by atoms with Crippen molar-refractivity contribution in [1.82, 2.24) is 4.90 Å². The molecular weight excluding hydrogens is 396 g/mol. The minimum Gasteiger partial charge on any atom is -0.336 e. The Bertz CT molecular complexity index is 487. The second-order valence-corrected chi connectivity index (χ2v) is 7.43. The third-order valence-corrected chi connectivity index (χ3v) is 5.20. The van der Waals surface area contributed by atoms with Crippen LogP contribution < -0.4 is 5.73 Å². The van der Waals surface area contributed by atoms with Gasteiger partial charge in [-0.05, 0) is 50.4 Å². The van der Waals surface area contributed by atoms with Gasteiger partial charge in [-0.25, -0.2) is 0 Å². The van der Waals surface area contributed by atoms with E-state index >= 15 is 0 Å². The minimum atomic E-state index is 0.102. The van der Waals surface area contributed by atoms with Gasteiger partial charge in [0.2, 0.25) is 0 Å². The van der Waals surface area contributed by atoms with Crippen molar-refractivity contribution in [3.8, 4) is 0 Å². The monoisotopic (exact) mass is 416 g/mol. The highest BCUT2D eigenvalue weighted by Crippen LogP contribution is 2.29. The zero-order valence-electron chi connectivity index (χ0n) is 12.3. The van der Waals surface area contributed by atoms with Gasteiger partial charge in [0.1, 0.15) is 0 Å². The van der Waals surface area contributed by atoms with Gasteiger partial charge < -0.3 is 10.6 Å². The molecule has 0 aliphatic heterocycles. The SMILES string of the molecule is CCN(C(=O)c1cc(Br)cc(Br)c1)C1CCCCC1CN. The van der Waals surface area contributed by atoms with E-state index in [0.717, 1.165) is 33.9 Å². The smallest absolute Gasteiger partial charge is 0.254 e. The van der Waals surface area contributed by atoms with E-state index in [9.17, 15) is 4.79 Å². The van der Waals surface area contributed by atoms with Crippen LogP contribution in [0.2, 0.25) is 0 Å². The molecule has 0 aromatic heterocycles. The Kier molecular flexibility index (Phi) is 6.26. The molecule has 5 heteroatoms. The zero-order chi connectivity index (χ0) is 15.4. The Hall–Kier alpha value is -0.390. The van der Waals surface area contributed by atoms with Crippen LogP contribution in [0.25, 0.3) is 0 Å². The number of nitrogens with zero attached hydrogens (tertiary/aromatic N) is 1. The number of benzene rings is 1. The molecule has 0 bridgehead atoms. The Morgan fingerprint density at radius 2 is 1.86 bits per heavy atom. The fourth-order valence-corrected chi connectivity index (χ4v) is 4.54. The molecule has 2 N–H and O–H groups in total. The molecule has 1 saturated carbocycles. The Morgan fingerprint density at radius 3 is 2.43 bits per heavy atom. The fraction of sp³-hybridized carbons (Fsp3) is 0.562. The number of amides is 1. The van der Waals surface area contributed by atoms with Gasteiger partial charge >= 0.3 is 0 Å². The molecule has 3 nitrogen and oxygen atoms in total. The first-order valence-corrected chi connectivity index (χ1v) is 9.12. The standard InChI is InChI=1S/C16H22Br2N2O/c1-2-20(15-6-4-3-5-11(15)10-19)16(21)12-7-13(17)9-14(18)8-12/h7-9,11,15H,2-6,10,19H2,1H3. The lowest BCUT2D eigenvalue weighted by Gasteiger charge is -2.39. The Morgan fingerprint density at radius 1 is 1.24 bits per heavy atom. The lowest BCUT2D eigenvalue weighted by Crippen LogP contribution is -2.48. The van der Waals surface area contributed by atoms with Crippen molar-refractivity contribution < 1.29 is 4.79 Å². The van der Waals surface area contributed by atoms with Crippen molar-refractivity contribution in [1.29, 1.82) is 0 Å². The number of halogens is 2. The second-order valence-electron chi connectivity index (χ2n) is 5.60. The first-order valence-electron chi connectivity index (χ1n) is 7.54. The van der Waals surface area contributed by atoms with Crippen molar-refractivity contribution >= 4 is 37.8 Å². The van der Waals surface area contributed by atoms with Gasteiger partial charge in [-0.1, -0.05) is 44.7 Å². The highest BCUT2D eigenvalue weighted by molar-refractivity contribution is 9.11. The molecule has 1 aromatic rings. The molecule has 0 radical (unpaired) electrons. The average Bonchev–Trinajstić information content (AvgIpc) is 2.47. The van der Waals surface area contributed by atoms with E-state index in [2.05, 4.69) is 31.9 Å². The predicted octanol–water partition coefficient (Wildman–Crippen LogP) is 4.19. The van der Waals surface area contributed by atoms with Gasteiger partial charge in [0.25, 0.3) is 5.91 Å². The summed E-state index contributed by atoms with van der Waals surface area (Å²) in [7, 11) is 0. The number of carbonyl (C=O) groups is 1. The molecule has 1 amide bonds. The van der Waals surface area contributed by atoms with Gasteiger partial charge in [0, 0.05) is 27.1 Å². The van der Waals surface area contributed by atoms with Gasteiger partial charge in [-0.3, -0.25) is 4.79 Å². The molecule has 1 aliphatic rings. The lowest BCUT2D eigenvalue weighted by molar-refractivity contribution is 0.0560. The van der Waals surface area contributed by atoms with Gasteiger partial charge in [-0.15, -0.1) is 0 Å². The van der Waals surface area contributed by atoms with E-state index in [0.29, 0.717) is 12.5 Å². The molecule has 21 heavy (non-hydrogen) atoms. The van der Waals surface area contributed by atoms with E-state index in [4.69, 9.17) is 5.73 Å². The van der Waals surface area contributed by atoms with Crippen LogP contribution in [-0.2, 0) is 0 Å². The van der Waals surface area contributed by atoms with E-state index in [1.165, 1.54) is 12.8 Å². The van der Waals surface area contributed by atoms with Crippen molar-refractivity contribution in [3.05, 3.63) is 32.7 Å². The Labute approximate surface area is 143 Å². The molecule has 2 rings (SSSR count). The van der Waals surface area contributed by atoms with Crippen LogP contribution in [0, 0.1) is 5.92 Å². The van der Waals surface area contributed by atoms with Crippen molar-refractivity contribution in [2.75, 3.05) is 13.1 Å². The summed E-state index contributed by atoms with van der Waals surface area (Å²) in [6.07, 6.45) is 4.61. The van der Waals surface area contributed by atoms with Crippen molar-refractivity contribution in [2.45, 2.75) is 38.6 Å². The first-order chi connectivity index (χ1) is 10.1. The molecule has 0 heterocycles. The molecule has 1 aromatic carbocycles. The predicted molar refractivity (Wildman–Crippen MR) is 93.4 cm³/mol. The van der Waals surface area contributed by atoms with E-state index in [1.807, 2.05) is 30.0 Å². The summed E-state index contributed by atoms with van der Waals surface area (Å²) in [5, 5.41) is 0. The summed E-state index contributed by atoms with van der Waals surface area (Å²) in [6.45, 7) is 3.44. The molecule has 1 aliphatic carbocycles. The molecule has 2 unspecified atom stereocenters. The fourth-order valence-electron chi connectivity index (χ4n) is 3.25. The second kappa shape index (κ2) is 7.75. The number of hydrogen-bond acceptors (Lipinski definition) is 2. The lowest BCUT2D eigenvalue weighted by atomic mass is 9.83. The molecule has 2 atom stereocenters. The Balaban J connectivity index is 2.25. The van der Waals surface area contributed by atoms with E-state index in [1.54, 1.807) is 0 Å². The summed E-state index contributed by atoms with van der Waals surface area (Å²) in [5.41, 5.74) is 6.64. The van der Waals surface area contributed by atoms with Gasteiger partial charge in [0.05, 0.1) is 0 Å². The maximum absolute atomic E-state index is 12.9. The van der Waals surface area contributed by atoms with Crippen molar-refractivity contribution in [2.24, 2.45) is 11.7 Å². The highest BCUT2D eigenvalue weighted by atomic mass is 79.9. The first kappa shape index (κ1) is 17.0. The molecule has 0 saturated heterocycles. The van der Waals surface area contributed by atoms with Crippen molar-refractivity contribution in [3.63, 3.8) is 0 Å². The number of carbonyl (C=O) groups excluding carboxylic acids is 1. The highest BCUT2D eigenvalue weighted by Gasteiger charge is 2.31. The van der Waals surface area contributed by atoms with Crippen LogP contribution in [0.15, 0.2) is 27.1 Å². The van der Waals surface area contributed by atoms with Gasteiger partial charge in [0.15, 0.2) is 0 Å². The zero-order valence-corrected chi connectivity index (χ0v) is 15.5. The number of rotatable bonds is 4. The number of hydrogen-bond donors (Lipinski definition) is 1. The maximum atomic E-state index is 12.9. The summed E-state index contributed by atoms with van der Waals surface area (Å²) in [4.78, 5) is 14.9. The summed E-state index contributed by atoms with van der Waals surface area (Å²) < 4.78 is 1.82. The topological polar surface area (TPSA) is 46.3 Å². The average molecular weight is 418 g/mol. The largest absolute Gasteiger partial charge is 0.336 e. The van der Waals surface area contributed by atoms with Gasteiger partial charge in [-0.2, -0.15) is 0 Å². The molecule has 116 valence electrons. The molecular formula is C16H22Br2N2O. The van der Waals surface area contributed by atoms with Crippen LogP contribution in [0.4, 0.5) is 0 Å². The third kappa shape index (κ3) is 4.08. The molecule has 1 fully saturated rings.